The predicted molar refractivity (Wildman–Crippen MR) is 73.6 cm³/mol. The largest absolute Gasteiger partial charge is 0.0602 e. The van der Waals surface area contributed by atoms with E-state index < -0.39 is 0 Å². The van der Waals surface area contributed by atoms with Gasteiger partial charge in [0.05, 0.1) is 0 Å². The van der Waals surface area contributed by atoms with E-state index in [-0.39, 0.29) is 0 Å². The maximum Gasteiger partial charge on any atom is -0.0337 e. The molecule has 0 bridgehead atoms. The fraction of sp³-hybridized carbons (Fsp3) is 1.00. The molecule has 1 saturated carbocycles. The summed E-state index contributed by atoms with van der Waals surface area (Å²) in [6.45, 7) is 14.4. The second-order valence-electron chi connectivity index (χ2n) is 8.12. The van der Waals surface area contributed by atoms with Crippen molar-refractivity contribution in [1.29, 1.82) is 0 Å². The van der Waals surface area contributed by atoms with Gasteiger partial charge in [0.25, 0.3) is 0 Å². The Kier molecular flexibility index (Phi) is 4.49. The van der Waals surface area contributed by atoms with Gasteiger partial charge in [-0.15, -0.1) is 0 Å². The lowest BCUT2D eigenvalue weighted by atomic mass is 9.64. The van der Waals surface area contributed by atoms with Crippen LogP contribution in [-0.4, -0.2) is 0 Å². The van der Waals surface area contributed by atoms with Crippen LogP contribution in [0, 0.1) is 22.7 Å². The summed E-state index contributed by atoms with van der Waals surface area (Å²) in [5, 5.41) is 0. The van der Waals surface area contributed by atoms with Crippen molar-refractivity contribution >= 4 is 0 Å². The first-order valence-electron chi connectivity index (χ1n) is 7.20. The van der Waals surface area contributed by atoms with Crippen molar-refractivity contribution in [2.24, 2.45) is 22.7 Å². The summed E-state index contributed by atoms with van der Waals surface area (Å²) < 4.78 is 0. The van der Waals surface area contributed by atoms with Crippen LogP contribution in [0.4, 0.5) is 0 Å². The molecule has 0 heterocycles. The lowest BCUT2D eigenvalue weighted by Gasteiger charge is -2.41. The molecule has 0 heteroatoms. The second-order valence-corrected chi connectivity index (χ2v) is 8.12. The number of hydrogen-bond donors (Lipinski definition) is 0. The minimum Gasteiger partial charge on any atom is -0.0602 e. The van der Waals surface area contributed by atoms with Crippen LogP contribution in [0.5, 0.6) is 0 Å². The molecule has 2 atom stereocenters. The molecule has 1 aliphatic carbocycles. The Bertz CT molecular complexity index is 201. The minimum atomic E-state index is 0.514. The van der Waals surface area contributed by atoms with Crippen LogP contribution in [0.2, 0.25) is 0 Å². The van der Waals surface area contributed by atoms with Crippen molar-refractivity contribution in [3.63, 3.8) is 0 Å². The fourth-order valence-electron chi connectivity index (χ4n) is 3.31. The normalized spacial score (nSPS) is 28.1. The first-order valence-corrected chi connectivity index (χ1v) is 7.20. The second kappa shape index (κ2) is 5.10. The average Bonchev–Trinajstić information content (AvgIpc) is 2.12. The van der Waals surface area contributed by atoms with Crippen LogP contribution in [0.15, 0.2) is 0 Å². The SMILES string of the molecule is CC(C)(C)CC[C@H]1CCCCC1C(C)(C)C. The number of hydrogen-bond acceptors (Lipinski definition) is 0. The third-order valence-corrected chi connectivity index (χ3v) is 4.29. The summed E-state index contributed by atoms with van der Waals surface area (Å²) >= 11 is 0. The molecule has 0 aromatic rings. The molecule has 1 fully saturated rings. The molecule has 0 aromatic heterocycles. The highest BCUT2D eigenvalue weighted by atomic mass is 14.4. The van der Waals surface area contributed by atoms with E-state index >= 15 is 0 Å². The van der Waals surface area contributed by atoms with Crippen LogP contribution < -0.4 is 0 Å². The lowest BCUT2D eigenvalue weighted by molar-refractivity contribution is 0.0924. The molecule has 0 aliphatic heterocycles. The van der Waals surface area contributed by atoms with Crippen molar-refractivity contribution in [3.8, 4) is 0 Å². The van der Waals surface area contributed by atoms with Crippen molar-refractivity contribution < 1.29 is 0 Å². The first kappa shape index (κ1) is 14.1. The molecule has 1 aliphatic rings. The van der Waals surface area contributed by atoms with Gasteiger partial charge in [-0.25, -0.2) is 0 Å². The smallest absolute Gasteiger partial charge is 0.0337 e. The Morgan fingerprint density at radius 2 is 1.44 bits per heavy atom. The third kappa shape index (κ3) is 4.47. The molecule has 96 valence electrons. The van der Waals surface area contributed by atoms with Gasteiger partial charge in [-0.2, -0.15) is 0 Å². The molecule has 0 saturated heterocycles. The molecule has 1 rings (SSSR count). The Hall–Kier alpha value is 0. The zero-order valence-electron chi connectivity index (χ0n) is 12.4. The standard InChI is InChI=1S/C16H32/c1-15(2,3)12-11-13-9-7-8-10-14(13)16(4,5)6/h13-14H,7-12H2,1-6H3/t13-,14?/m1/s1. The molecule has 16 heavy (non-hydrogen) atoms. The van der Waals surface area contributed by atoms with Gasteiger partial charge in [0.1, 0.15) is 0 Å². The summed E-state index contributed by atoms with van der Waals surface area (Å²) in [7, 11) is 0. The third-order valence-electron chi connectivity index (χ3n) is 4.29. The first-order chi connectivity index (χ1) is 7.20. The maximum absolute atomic E-state index is 2.44. The van der Waals surface area contributed by atoms with Gasteiger partial charge in [0.15, 0.2) is 0 Å². The van der Waals surface area contributed by atoms with E-state index in [1.165, 1.54) is 38.5 Å². The van der Waals surface area contributed by atoms with Crippen LogP contribution in [0.25, 0.3) is 0 Å². The zero-order valence-corrected chi connectivity index (χ0v) is 12.4. The minimum absolute atomic E-state index is 0.514. The highest BCUT2D eigenvalue weighted by Gasteiger charge is 2.34. The molecule has 0 amide bonds. The summed E-state index contributed by atoms with van der Waals surface area (Å²) in [6, 6.07) is 0. The molecule has 1 unspecified atom stereocenters. The van der Waals surface area contributed by atoms with E-state index in [4.69, 9.17) is 0 Å². The summed E-state index contributed by atoms with van der Waals surface area (Å²) in [5.41, 5.74) is 1.03. The predicted octanol–water partition coefficient (Wildman–Crippen LogP) is 5.67. The highest BCUT2D eigenvalue weighted by molar-refractivity contribution is 4.84. The quantitative estimate of drug-likeness (QED) is 0.567. The summed E-state index contributed by atoms with van der Waals surface area (Å²) in [6.07, 6.45) is 8.74. The topological polar surface area (TPSA) is 0 Å². The van der Waals surface area contributed by atoms with Crippen LogP contribution >= 0.6 is 0 Å². The molecule has 0 nitrogen and oxygen atoms in total. The molecule has 0 spiro atoms. The van der Waals surface area contributed by atoms with E-state index in [9.17, 15) is 0 Å². The molecule has 0 aromatic carbocycles. The Labute approximate surface area is 103 Å². The van der Waals surface area contributed by atoms with Gasteiger partial charge in [0, 0.05) is 0 Å². The van der Waals surface area contributed by atoms with E-state index in [2.05, 4.69) is 41.5 Å². The van der Waals surface area contributed by atoms with E-state index in [1.807, 2.05) is 0 Å². The number of rotatable bonds is 2. The van der Waals surface area contributed by atoms with Crippen LogP contribution in [-0.2, 0) is 0 Å². The fourth-order valence-corrected chi connectivity index (χ4v) is 3.31. The van der Waals surface area contributed by atoms with Crippen LogP contribution in [0.1, 0.15) is 80.1 Å². The van der Waals surface area contributed by atoms with E-state index in [0.29, 0.717) is 10.8 Å². The summed E-state index contributed by atoms with van der Waals surface area (Å²) in [5.74, 6) is 1.96. The van der Waals surface area contributed by atoms with Gasteiger partial charge in [-0.05, 0) is 41.9 Å². The zero-order chi connectivity index (χ0) is 12.4. The van der Waals surface area contributed by atoms with Gasteiger partial charge in [-0.1, -0.05) is 60.8 Å². The maximum atomic E-state index is 2.44. The van der Waals surface area contributed by atoms with Gasteiger partial charge in [0.2, 0.25) is 0 Å². The van der Waals surface area contributed by atoms with Crippen molar-refractivity contribution in [1.82, 2.24) is 0 Å². The van der Waals surface area contributed by atoms with Crippen molar-refractivity contribution in [2.45, 2.75) is 80.1 Å². The Morgan fingerprint density at radius 1 is 0.875 bits per heavy atom. The molecular formula is C16H32. The van der Waals surface area contributed by atoms with Gasteiger partial charge < -0.3 is 0 Å². The molecule has 0 N–H and O–H groups in total. The molecular weight excluding hydrogens is 192 g/mol. The van der Waals surface area contributed by atoms with Crippen LogP contribution in [0.3, 0.4) is 0 Å². The molecule has 0 radical (unpaired) electrons. The summed E-state index contributed by atoms with van der Waals surface area (Å²) in [4.78, 5) is 0. The van der Waals surface area contributed by atoms with E-state index in [1.54, 1.807) is 0 Å². The van der Waals surface area contributed by atoms with E-state index in [0.717, 1.165) is 11.8 Å². The van der Waals surface area contributed by atoms with Gasteiger partial charge >= 0.3 is 0 Å². The average molecular weight is 224 g/mol. The Balaban J connectivity index is 2.54. The Morgan fingerprint density at radius 3 is 1.94 bits per heavy atom. The monoisotopic (exact) mass is 224 g/mol. The van der Waals surface area contributed by atoms with Crippen molar-refractivity contribution in [3.05, 3.63) is 0 Å². The highest BCUT2D eigenvalue weighted by Crippen LogP contribution is 2.44. The lowest BCUT2D eigenvalue weighted by Crippen LogP contribution is -2.31. The van der Waals surface area contributed by atoms with Gasteiger partial charge in [-0.3, -0.25) is 0 Å². The van der Waals surface area contributed by atoms with Crippen molar-refractivity contribution in [2.75, 3.05) is 0 Å².